The summed E-state index contributed by atoms with van der Waals surface area (Å²) in [5.74, 6) is -0.0491. The van der Waals surface area contributed by atoms with Gasteiger partial charge in [-0.2, -0.15) is 13.2 Å². The van der Waals surface area contributed by atoms with Crippen molar-refractivity contribution in [2.75, 3.05) is 6.61 Å². The van der Waals surface area contributed by atoms with Gasteiger partial charge < -0.3 is 10.5 Å². The molecule has 0 spiro atoms. The monoisotopic (exact) mass is 254 g/mol. The molecule has 3 nitrogen and oxygen atoms in total. The number of halogens is 4. The van der Waals surface area contributed by atoms with Crippen LogP contribution in [0.2, 0.25) is 5.02 Å². The van der Waals surface area contributed by atoms with E-state index in [0.717, 1.165) is 6.07 Å². The second-order valence-electron chi connectivity index (χ2n) is 3.30. The highest BCUT2D eigenvalue weighted by Gasteiger charge is 2.31. The number of pyridine rings is 1. The van der Waals surface area contributed by atoms with Gasteiger partial charge in [-0.05, 0) is 13.0 Å². The number of hydrogen-bond donors (Lipinski definition) is 1. The van der Waals surface area contributed by atoms with Gasteiger partial charge in [0.15, 0.2) is 0 Å². The Morgan fingerprint density at radius 1 is 1.56 bits per heavy atom. The van der Waals surface area contributed by atoms with Gasteiger partial charge >= 0.3 is 6.18 Å². The first-order chi connectivity index (χ1) is 7.30. The molecule has 7 heteroatoms. The van der Waals surface area contributed by atoms with Crippen molar-refractivity contribution in [3.05, 3.63) is 22.8 Å². The average molecular weight is 255 g/mol. The van der Waals surface area contributed by atoms with Crippen molar-refractivity contribution in [2.24, 2.45) is 5.73 Å². The van der Waals surface area contributed by atoms with Crippen LogP contribution in [-0.2, 0) is 6.18 Å². The maximum Gasteiger partial charge on any atom is 0.417 e. The lowest BCUT2D eigenvalue weighted by Gasteiger charge is -2.11. The van der Waals surface area contributed by atoms with Crippen molar-refractivity contribution in [3.8, 4) is 5.88 Å². The van der Waals surface area contributed by atoms with Crippen molar-refractivity contribution in [1.29, 1.82) is 0 Å². The molecule has 1 aromatic rings. The molecule has 16 heavy (non-hydrogen) atoms. The second kappa shape index (κ2) is 4.88. The number of ether oxygens (including phenoxy) is 1. The van der Waals surface area contributed by atoms with Crippen LogP contribution in [0.3, 0.4) is 0 Å². The fraction of sp³-hybridized carbons (Fsp3) is 0.444. The summed E-state index contributed by atoms with van der Waals surface area (Å²) in [5.41, 5.74) is 4.50. The van der Waals surface area contributed by atoms with E-state index in [1.807, 2.05) is 0 Å². The predicted molar refractivity (Wildman–Crippen MR) is 53.4 cm³/mol. The Labute approximate surface area is 95.4 Å². The highest BCUT2D eigenvalue weighted by atomic mass is 35.5. The third kappa shape index (κ3) is 3.53. The fourth-order valence-electron chi connectivity index (χ4n) is 0.897. The second-order valence-corrected chi connectivity index (χ2v) is 3.70. The third-order valence-corrected chi connectivity index (χ3v) is 1.89. The van der Waals surface area contributed by atoms with Crippen LogP contribution < -0.4 is 10.5 Å². The quantitative estimate of drug-likeness (QED) is 0.901. The number of hydrogen-bond acceptors (Lipinski definition) is 3. The van der Waals surface area contributed by atoms with Gasteiger partial charge in [-0.3, -0.25) is 0 Å². The summed E-state index contributed by atoms with van der Waals surface area (Å²) in [4.78, 5) is 3.49. The summed E-state index contributed by atoms with van der Waals surface area (Å²) in [6.07, 6.45) is -3.79. The van der Waals surface area contributed by atoms with E-state index in [4.69, 9.17) is 22.1 Å². The number of rotatable bonds is 3. The van der Waals surface area contributed by atoms with Gasteiger partial charge in [-0.25, -0.2) is 4.98 Å². The van der Waals surface area contributed by atoms with Gasteiger partial charge in [0, 0.05) is 12.2 Å². The van der Waals surface area contributed by atoms with Gasteiger partial charge in [0.25, 0.3) is 0 Å². The van der Waals surface area contributed by atoms with E-state index in [1.54, 1.807) is 6.92 Å². The van der Waals surface area contributed by atoms with E-state index in [9.17, 15) is 13.2 Å². The van der Waals surface area contributed by atoms with Crippen molar-refractivity contribution in [1.82, 2.24) is 4.98 Å². The minimum Gasteiger partial charge on any atom is -0.475 e. The molecular weight excluding hydrogens is 245 g/mol. The SMILES string of the molecule is CC(N)COc1ncc(C(F)(F)F)cc1Cl. The molecule has 0 saturated heterocycles. The standard InChI is InChI=1S/C9H10ClF3N2O/c1-5(14)4-16-8-7(10)2-6(3-15-8)9(11,12)13/h2-3,5H,4,14H2,1H3. The Hall–Kier alpha value is -1.01. The van der Waals surface area contributed by atoms with E-state index in [1.165, 1.54) is 0 Å². The number of alkyl halides is 3. The fourth-order valence-corrected chi connectivity index (χ4v) is 1.12. The van der Waals surface area contributed by atoms with E-state index in [0.29, 0.717) is 6.20 Å². The minimum absolute atomic E-state index is 0.0491. The van der Waals surface area contributed by atoms with Gasteiger partial charge in [0.05, 0.1) is 5.56 Å². The number of nitrogens with zero attached hydrogens (tertiary/aromatic N) is 1. The smallest absolute Gasteiger partial charge is 0.417 e. The Kier molecular flexibility index (Phi) is 3.98. The molecule has 0 aliphatic rings. The molecule has 0 aliphatic heterocycles. The maximum absolute atomic E-state index is 12.3. The normalized spacial score (nSPS) is 13.6. The molecule has 0 saturated carbocycles. The molecule has 0 amide bonds. The molecule has 0 bridgehead atoms. The largest absolute Gasteiger partial charge is 0.475 e. The van der Waals surface area contributed by atoms with Gasteiger partial charge in [-0.15, -0.1) is 0 Å². The van der Waals surface area contributed by atoms with Gasteiger partial charge in [-0.1, -0.05) is 11.6 Å². The summed E-state index contributed by atoms with van der Waals surface area (Å²) in [5, 5.41) is -0.185. The predicted octanol–water partition coefficient (Wildman–Crippen LogP) is 2.48. The molecule has 1 unspecified atom stereocenters. The molecule has 0 aliphatic carbocycles. The lowest BCUT2D eigenvalue weighted by atomic mass is 10.3. The zero-order valence-electron chi connectivity index (χ0n) is 8.38. The number of nitrogens with two attached hydrogens (primary N) is 1. The summed E-state index contributed by atoms with van der Waals surface area (Å²) < 4.78 is 41.8. The lowest BCUT2D eigenvalue weighted by molar-refractivity contribution is -0.137. The average Bonchev–Trinajstić information content (AvgIpc) is 2.14. The summed E-state index contributed by atoms with van der Waals surface area (Å²) in [7, 11) is 0. The lowest BCUT2D eigenvalue weighted by Crippen LogP contribution is -2.24. The summed E-state index contributed by atoms with van der Waals surface area (Å²) >= 11 is 5.59. The van der Waals surface area contributed by atoms with E-state index >= 15 is 0 Å². The maximum atomic E-state index is 12.3. The Bertz CT molecular complexity index is 368. The molecule has 0 fully saturated rings. The van der Waals surface area contributed by atoms with Crippen molar-refractivity contribution < 1.29 is 17.9 Å². The van der Waals surface area contributed by atoms with Crippen LogP contribution in [0.1, 0.15) is 12.5 Å². The molecule has 0 radical (unpaired) electrons. The number of aromatic nitrogens is 1. The van der Waals surface area contributed by atoms with Gasteiger partial charge in [0.1, 0.15) is 11.6 Å². The molecule has 90 valence electrons. The van der Waals surface area contributed by atoms with Crippen LogP contribution in [0.15, 0.2) is 12.3 Å². The minimum atomic E-state index is -4.46. The van der Waals surface area contributed by atoms with Crippen LogP contribution in [0, 0.1) is 0 Å². The van der Waals surface area contributed by atoms with E-state index in [-0.39, 0.29) is 23.6 Å². The van der Waals surface area contributed by atoms with Crippen LogP contribution in [0.25, 0.3) is 0 Å². The molecule has 1 heterocycles. The summed E-state index contributed by atoms with van der Waals surface area (Å²) in [6, 6.07) is 0.519. The van der Waals surface area contributed by atoms with E-state index in [2.05, 4.69) is 4.98 Å². The Morgan fingerprint density at radius 3 is 2.62 bits per heavy atom. The Balaban J connectivity index is 2.84. The van der Waals surface area contributed by atoms with Crippen LogP contribution in [0.4, 0.5) is 13.2 Å². The topological polar surface area (TPSA) is 48.1 Å². The zero-order chi connectivity index (χ0) is 12.3. The van der Waals surface area contributed by atoms with Gasteiger partial charge in [0.2, 0.25) is 5.88 Å². The third-order valence-electron chi connectivity index (χ3n) is 1.62. The van der Waals surface area contributed by atoms with Crippen molar-refractivity contribution in [3.63, 3.8) is 0 Å². The van der Waals surface area contributed by atoms with Crippen LogP contribution in [0.5, 0.6) is 5.88 Å². The van der Waals surface area contributed by atoms with Crippen LogP contribution >= 0.6 is 11.6 Å². The molecule has 2 N–H and O–H groups in total. The van der Waals surface area contributed by atoms with Crippen LogP contribution in [-0.4, -0.2) is 17.6 Å². The first-order valence-corrected chi connectivity index (χ1v) is 4.79. The molecule has 1 aromatic heterocycles. The van der Waals surface area contributed by atoms with Crippen molar-refractivity contribution >= 4 is 11.6 Å². The Morgan fingerprint density at radius 2 is 2.19 bits per heavy atom. The first kappa shape index (κ1) is 13.1. The molecule has 0 aromatic carbocycles. The molecule has 1 rings (SSSR count). The first-order valence-electron chi connectivity index (χ1n) is 4.42. The highest BCUT2D eigenvalue weighted by molar-refractivity contribution is 6.31. The molecule has 1 atom stereocenters. The molecular formula is C9H10ClF3N2O. The van der Waals surface area contributed by atoms with Crippen molar-refractivity contribution in [2.45, 2.75) is 19.1 Å². The van der Waals surface area contributed by atoms with E-state index < -0.39 is 11.7 Å². The highest BCUT2D eigenvalue weighted by Crippen LogP contribution is 2.32. The summed E-state index contributed by atoms with van der Waals surface area (Å²) in [6.45, 7) is 1.83. The zero-order valence-corrected chi connectivity index (χ0v) is 9.14.